The van der Waals surface area contributed by atoms with Gasteiger partial charge in [0.05, 0.1) is 6.10 Å². The molecule has 1 rings (SSSR count). The fraction of sp³-hybridized carbons (Fsp3) is 0.625. The quantitative estimate of drug-likeness (QED) is 0.618. The number of hydrogen-bond acceptors (Lipinski definition) is 1. The summed E-state index contributed by atoms with van der Waals surface area (Å²) in [5.74, 6) is 0.721. The summed E-state index contributed by atoms with van der Waals surface area (Å²) in [5, 5.41) is 0. The lowest BCUT2D eigenvalue weighted by Gasteiger charge is -2.14. The van der Waals surface area contributed by atoms with Crippen LogP contribution in [0.3, 0.4) is 0 Å². The van der Waals surface area contributed by atoms with Crippen molar-refractivity contribution >= 4 is 0 Å². The van der Waals surface area contributed by atoms with Crippen LogP contribution >= 0.6 is 0 Å². The van der Waals surface area contributed by atoms with E-state index in [1.807, 2.05) is 0 Å². The highest BCUT2D eigenvalue weighted by molar-refractivity contribution is 5.24. The van der Waals surface area contributed by atoms with Gasteiger partial charge in [-0.05, 0) is 36.8 Å². The first-order valence-electron chi connectivity index (χ1n) is 6.84. The summed E-state index contributed by atoms with van der Waals surface area (Å²) in [6, 6.07) is 8.87. The maximum atomic E-state index is 5.79. The monoisotopic (exact) mass is 234 g/mol. The molecule has 0 aromatic heterocycles. The average molecular weight is 234 g/mol. The third-order valence-corrected chi connectivity index (χ3v) is 2.96. The van der Waals surface area contributed by atoms with Crippen molar-refractivity contribution in [3.63, 3.8) is 0 Å². The predicted octanol–water partition coefficient (Wildman–Crippen LogP) is 4.76. The third kappa shape index (κ3) is 5.36. The van der Waals surface area contributed by atoms with Gasteiger partial charge in [0.2, 0.25) is 0 Å². The molecular weight excluding hydrogens is 208 g/mol. The first kappa shape index (κ1) is 14.2. The lowest BCUT2D eigenvalue weighted by atomic mass is 10.0. The van der Waals surface area contributed by atoms with E-state index in [4.69, 9.17) is 4.74 Å². The van der Waals surface area contributed by atoms with Gasteiger partial charge in [-0.15, -0.1) is 0 Å². The summed E-state index contributed by atoms with van der Waals surface area (Å²) in [5.41, 5.74) is 2.71. The van der Waals surface area contributed by atoms with Gasteiger partial charge >= 0.3 is 0 Å². The van der Waals surface area contributed by atoms with Gasteiger partial charge in [-0.3, -0.25) is 0 Å². The summed E-state index contributed by atoms with van der Waals surface area (Å²) in [6.45, 7) is 9.70. The van der Waals surface area contributed by atoms with Crippen LogP contribution in [-0.2, 0) is 11.2 Å². The Kier molecular flexibility index (Phi) is 6.28. The van der Waals surface area contributed by atoms with Gasteiger partial charge in [0.15, 0.2) is 0 Å². The molecule has 1 nitrogen and oxygen atoms in total. The molecule has 0 aliphatic rings. The summed E-state index contributed by atoms with van der Waals surface area (Å²) in [7, 11) is 0. The predicted molar refractivity (Wildman–Crippen MR) is 74.3 cm³/mol. The third-order valence-electron chi connectivity index (χ3n) is 2.96. The van der Waals surface area contributed by atoms with Crippen molar-refractivity contribution in [1.82, 2.24) is 0 Å². The first-order chi connectivity index (χ1) is 8.13. The van der Waals surface area contributed by atoms with E-state index in [-0.39, 0.29) is 6.10 Å². The van der Waals surface area contributed by atoms with E-state index in [1.54, 1.807) is 0 Å². The van der Waals surface area contributed by atoms with Crippen molar-refractivity contribution in [2.75, 3.05) is 6.61 Å². The van der Waals surface area contributed by atoms with Crippen LogP contribution in [-0.4, -0.2) is 6.61 Å². The Bertz CT molecular complexity index is 300. The van der Waals surface area contributed by atoms with Crippen molar-refractivity contribution in [3.8, 4) is 0 Å². The molecule has 1 aromatic carbocycles. The fourth-order valence-electron chi connectivity index (χ4n) is 1.90. The highest BCUT2D eigenvalue weighted by atomic mass is 16.5. The van der Waals surface area contributed by atoms with Crippen LogP contribution in [0.5, 0.6) is 0 Å². The Morgan fingerprint density at radius 1 is 1.06 bits per heavy atom. The minimum absolute atomic E-state index is 0.217. The van der Waals surface area contributed by atoms with Gasteiger partial charge in [0, 0.05) is 6.61 Å². The van der Waals surface area contributed by atoms with E-state index in [0.717, 1.165) is 25.4 Å². The van der Waals surface area contributed by atoms with E-state index in [2.05, 4.69) is 52.0 Å². The zero-order valence-corrected chi connectivity index (χ0v) is 11.7. The molecule has 0 aliphatic heterocycles. The average Bonchev–Trinajstić information content (AvgIpc) is 2.29. The summed E-state index contributed by atoms with van der Waals surface area (Å²) < 4.78 is 5.79. The van der Waals surface area contributed by atoms with Crippen LogP contribution in [0.1, 0.15) is 57.8 Å². The van der Waals surface area contributed by atoms with Crippen LogP contribution in [0.15, 0.2) is 24.3 Å². The second-order valence-corrected chi connectivity index (χ2v) is 5.21. The highest BCUT2D eigenvalue weighted by Crippen LogP contribution is 2.18. The van der Waals surface area contributed by atoms with E-state index >= 15 is 0 Å². The van der Waals surface area contributed by atoms with Crippen molar-refractivity contribution < 1.29 is 4.74 Å². The van der Waals surface area contributed by atoms with Crippen LogP contribution in [0.25, 0.3) is 0 Å². The molecule has 1 heteroatoms. The Morgan fingerprint density at radius 3 is 2.24 bits per heavy atom. The minimum Gasteiger partial charge on any atom is -0.374 e. The normalized spacial score (nSPS) is 13.0. The summed E-state index contributed by atoms with van der Waals surface area (Å²) >= 11 is 0. The topological polar surface area (TPSA) is 9.23 Å². The molecular formula is C16H26O. The Balaban J connectivity index is 2.48. The number of rotatable bonds is 7. The van der Waals surface area contributed by atoms with Crippen molar-refractivity contribution in [3.05, 3.63) is 35.4 Å². The fourth-order valence-corrected chi connectivity index (χ4v) is 1.90. The van der Waals surface area contributed by atoms with Crippen molar-refractivity contribution in [2.45, 2.75) is 53.1 Å². The Labute approximate surface area is 106 Å². The molecule has 0 amide bonds. The van der Waals surface area contributed by atoms with Crippen molar-refractivity contribution in [1.29, 1.82) is 0 Å². The molecule has 1 aromatic rings. The second kappa shape index (κ2) is 7.50. The molecule has 0 radical (unpaired) electrons. The van der Waals surface area contributed by atoms with E-state index < -0.39 is 0 Å². The largest absolute Gasteiger partial charge is 0.374 e. The van der Waals surface area contributed by atoms with Gasteiger partial charge in [0.25, 0.3) is 0 Å². The second-order valence-electron chi connectivity index (χ2n) is 5.21. The lowest BCUT2D eigenvalue weighted by Crippen LogP contribution is -2.02. The lowest BCUT2D eigenvalue weighted by molar-refractivity contribution is 0.0637. The van der Waals surface area contributed by atoms with Crippen LogP contribution in [0.4, 0.5) is 0 Å². The molecule has 0 heterocycles. The van der Waals surface area contributed by atoms with E-state index in [9.17, 15) is 0 Å². The van der Waals surface area contributed by atoms with E-state index in [0.29, 0.717) is 0 Å². The van der Waals surface area contributed by atoms with Gasteiger partial charge in [-0.25, -0.2) is 0 Å². The molecule has 0 N–H and O–H groups in total. The standard InChI is InChI=1S/C16H26O/c1-5-6-11-17-14(4)16-9-7-15(8-10-16)12-13(2)3/h7-10,13-14H,5-6,11-12H2,1-4H3. The smallest absolute Gasteiger partial charge is 0.0796 e. The van der Waals surface area contributed by atoms with Crippen molar-refractivity contribution in [2.24, 2.45) is 5.92 Å². The highest BCUT2D eigenvalue weighted by Gasteiger charge is 2.05. The molecule has 1 unspecified atom stereocenters. The van der Waals surface area contributed by atoms with Crippen LogP contribution in [0, 0.1) is 5.92 Å². The van der Waals surface area contributed by atoms with Gasteiger partial charge < -0.3 is 4.74 Å². The summed E-state index contributed by atoms with van der Waals surface area (Å²) in [6.07, 6.45) is 3.72. The maximum absolute atomic E-state index is 5.79. The van der Waals surface area contributed by atoms with Gasteiger partial charge in [-0.1, -0.05) is 51.5 Å². The number of benzene rings is 1. The SMILES string of the molecule is CCCCOC(C)c1ccc(CC(C)C)cc1. The molecule has 0 fully saturated rings. The molecule has 0 spiro atoms. The zero-order chi connectivity index (χ0) is 12.7. The Hall–Kier alpha value is -0.820. The number of hydrogen-bond donors (Lipinski definition) is 0. The molecule has 0 saturated heterocycles. The summed E-state index contributed by atoms with van der Waals surface area (Å²) in [4.78, 5) is 0. The molecule has 1 atom stereocenters. The molecule has 96 valence electrons. The van der Waals surface area contributed by atoms with Gasteiger partial charge in [-0.2, -0.15) is 0 Å². The van der Waals surface area contributed by atoms with E-state index in [1.165, 1.54) is 17.5 Å². The Morgan fingerprint density at radius 2 is 1.71 bits per heavy atom. The molecule has 17 heavy (non-hydrogen) atoms. The molecule has 0 aliphatic carbocycles. The van der Waals surface area contributed by atoms with Crippen LogP contribution < -0.4 is 0 Å². The maximum Gasteiger partial charge on any atom is 0.0796 e. The first-order valence-corrected chi connectivity index (χ1v) is 6.84. The molecule has 0 saturated carbocycles. The van der Waals surface area contributed by atoms with Gasteiger partial charge in [0.1, 0.15) is 0 Å². The zero-order valence-electron chi connectivity index (χ0n) is 11.7. The minimum atomic E-state index is 0.217. The molecule has 0 bridgehead atoms. The number of unbranched alkanes of at least 4 members (excludes halogenated alkanes) is 1. The number of ether oxygens (including phenoxy) is 1. The van der Waals surface area contributed by atoms with Crippen LogP contribution in [0.2, 0.25) is 0 Å².